The van der Waals surface area contributed by atoms with Crippen molar-refractivity contribution in [3.05, 3.63) is 24.3 Å². The Morgan fingerprint density at radius 3 is 1.04 bits per heavy atom. The summed E-state index contributed by atoms with van der Waals surface area (Å²) >= 11 is 0. The van der Waals surface area contributed by atoms with Crippen LogP contribution in [-0.4, -0.2) is 47.4 Å². The number of hydrogen-bond acceptors (Lipinski definition) is 5. The zero-order chi connectivity index (χ0) is 54.3. The number of carbonyl (C=O) groups is 2. The normalized spacial score (nSPS) is 12.6. The number of aliphatic hydroxyl groups excluding tert-OH is 2. The molecule has 444 valence electrons. The summed E-state index contributed by atoms with van der Waals surface area (Å²) < 4.78 is 5.49. The molecule has 0 saturated carbocycles. The predicted octanol–water partition coefficient (Wildman–Crippen LogP) is 21.8. The molecule has 0 aromatic rings. The van der Waals surface area contributed by atoms with Crippen LogP contribution in [0, 0.1) is 0 Å². The highest BCUT2D eigenvalue weighted by Gasteiger charge is 2.20. The lowest BCUT2D eigenvalue weighted by Crippen LogP contribution is -2.45. The Morgan fingerprint density at radius 1 is 0.373 bits per heavy atom. The Kier molecular flexibility index (Phi) is 63.4. The fourth-order valence-corrected chi connectivity index (χ4v) is 10.8. The van der Waals surface area contributed by atoms with E-state index in [-0.39, 0.29) is 18.5 Å². The molecule has 0 heterocycles. The maximum atomic E-state index is 12.5. The van der Waals surface area contributed by atoms with Gasteiger partial charge in [-0.2, -0.15) is 0 Å². The van der Waals surface area contributed by atoms with E-state index in [2.05, 4.69) is 43.5 Å². The van der Waals surface area contributed by atoms with Crippen molar-refractivity contribution in [2.24, 2.45) is 0 Å². The molecule has 6 nitrogen and oxygen atoms in total. The molecule has 0 saturated heterocycles. The average Bonchev–Trinajstić information content (AvgIpc) is 3.41. The number of amides is 1. The van der Waals surface area contributed by atoms with Crippen molar-refractivity contribution in [3.8, 4) is 0 Å². The Bertz CT molecular complexity index is 1170. The van der Waals surface area contributed by atoms with Crippen molar-refractivity contribution < 1.29 is 24.5 Å². The molecule has 1 amide bonds. The van der Waals surface area contributed by atoms with E-state index >= 15 is 0 Å². The van der Waals surface area contributed by atoms with Crippen LogP contribution < -0.4 is 5.32 Å². The molecule has 3 N–H and O–H groups in total. The number of esters is 1. The van der Waals surface area contributed by atoms with Crippen molar-refractivity contribution in [2.45, 2.75) is 392 Å². The number of ether oxygens (including phenoxy) is 1. The van der Waals surface area contributed by atoms with Gasteiger partial charge in [-0.1, -0.05) is 334 Å². The first-order valence-electron chi connectivity index (χ1n) is 34.1. The average molecular weight is 1060 g/mol. The van der Waals surface area contributed by atoms with E-state index in [1.165, 1.54) is 295 Å². The van der Waals surface area contributed by atoms with E-state index in [1.54, 1.807) is 0 Å². The third-order valence-electron chi connectivity index (χ3n) is 16.0. The molecule has 75 heavy (non-hydrogen) atoms. The summed E-state index contributed by atoms with van der Waals surface area (Å²) in [6, 6.07) is -0.546. The molecule has 0 aliphatic carbocycles. The van der Waals surface area contributed by atoms with Gasteiger partial charge < -0.3 is 20.3 Å². The monoisotopic (exact) mass is 1060 g/mol. The van der Waals surface area contributed by atoms with Crippen molar-refractivity contribution in [3.63, 3.8) is 0 Å². The van der Waals surface area contributed by atoms with Gasteiger partial charge in [0.25, 0.3) is 0 Å². The molecule has 0 aliphatic heterocycles. The molecule has 0 aliphatic rings. The van der Waals surface area contributed by atoms with Crippen molar-refractivity contribution >= 4 is 11.9 Å². The van der Waals surface area contributed by atoms with Gasteiger partial charge in [-0.25, -0.2) is 0 Å². The third kappa shape index (κ3) is 61.4. The highest BCUT2D eigenvalue weighted by atomic mass is 16.5. The van der Waals surface area contributed by atoms with E-state index in [0.717, 1.165) is 51.4 Å². The second-order valence-electron chi connectivity index (χ2n) is 23.5. The number of nitrogens with one attached hydrogen (secondary N) is 1. The second kappa shape index (κ2) is 64.9. The van der Waals surface area contributed by atoms with Crippen LogP contribution >= 0.6 is 0 Å². The molecule has 0 fully saturated rings. The van der Waals surface area contributed by atoms with Crippen LogP contribution in [0.2, 0.25) is 0 Å². The summed E-state index contributed by atoms with van der Waals surface area (Å²) in [7, 11) is 0. The van der Waals surface area contributed by atoms with Gasteiger partial charge in [0.05, 0.1) is 25.4 Å². The van der Waals surface area contributed by atoms with Gasteiger partial charge in [0.1, 0.15) is 0 Å². The first-order valence-corrected chi connectivity index (χ1v) is 34.1. The molecule has 2 unspecified atom stereocenters. The molecule has 0 radical (unpaired) electrons. The summed E-state index contributed by atoms with van der Waals surface area (Å²) in [5.74, 6) is -0.0341. The van der Waals surface area contributed by atoms with Crippen LogP contribution in [-0.2, 0) is 14.3 Å². The maximum Gasteiger partial charge on any atom is 0.305 e. The lowest BCUT2D eigenvalue weighted by molar-refractivity contribution is -0.143. The van der Waals surface area contributed by atoms with E-state index in [1.807, 2.05) is 0 Å². The van der Waals surface area contributed by atoms with Gasteiger partial charge in [0.15, 0.2) is 0 Å². The zero-order valence-electron chi connectivity index (χ0n) is 50.8. The second-order valence-corrected chi connectivity index (χ2v) is 23.5. The lowest BCUT2D eigenvalue weighted by atomic mass is 10.0. The van der Waals surface area contributed by atoms with Crippen LogP contribution in [0.3, 0.4) is 0 Å². The number of unbranched alkanes of at least 4 members (excludes halogenated alkanes) is 49. The largest absolute Gasteiger partial charge is 0.466 e. The molecule has 0 rings (SSSR count). The van der Waals surface area contributed by atoms with Crippen LogP contribution in [0.15, 0.2) is 24.3 Å². The first-order chi connectivity index (χ1) is 37.0. The first kappa shape index (κ1) is 73.3. The molecule has 2 atom stereocenters. The smallest absolute Gasteiger partial charge is 0.305 e. The van der Waals surface area contributed by atoms with Crippen molar-refractivity contribution in [2.75, 3.05) is 13.2 Å². The summed E-state index contributed by atoms with van der Waals surface area (Å²) in [6.07, 6.45) is 80.6. The molecule has 0 bridgehead atoms. The minimum atomic E-state index is -0.669. The van der Waals surface area contributed by atoms with E-state index < -0.39 is 12.1 Å². The number of rotatable bonds is 64. The number of carbonyl (C=O) groups excluding carboxylic acids is 2. The highest BCUT2D eigenvalue weighted by Crippen LogP contribution is 2.19. The third-order valence-corrected chi connectivity index (χ3v) is 16.0. The summed E-state index contributed by atoms with van der Waals surface area (Å²) in [4.78, 5) is 24.6. The molecule has 0 aromatic heterocycles. The minimum absolute atomic E-state index is 0.000688. The molecule has 6 heteroatoms. The minimum Gasteiger partial charge on any atom is -0.466 e. The number of allylic oxidation sites excluding steroid dienone is 4. The van der Waals surface area contributed by atoms with Crippen molar-refractivity contribution in [1.82, 2.24) is 5.32 Å². The number of aliphatic hydroxyl groups is 2. The summed E-state index contributed by atoms with van der Waals surface area (Å²) in [5.41, 5.74) is 0. The molecular weight excluding hydrogens is 923 g/mol. The Labute approximate surface area is 469 Å². The van der Waals surface area contributed by atoms with Gasteiger partial charge in [-0.05, 0) is 57.8 Å². The van der Waals surface area contributed by atoms with Gasteiger partial charge in [0.2, 0.25) is 5.91 Å². The van der Waals surface area contributed by atoms with Gasteiger partial charge >= 0.3 is 5.97 Å². The van der Waals surface area contributed by atoms with Gasteiger partial charge in [-0.15, -0.1) is 0 Å². The lowest BCUT2D eigenvalue weighted by Gasteiger charge is -2.22. The molecule has 0 aromatic carbocycles. The Hall–Kier alpha value is -1.66. The van der Waals surface area contributed by atoms with Gasteiger partial charge in [-0.3, -0.25) is 9.59 Å². The topological polar surface area (TPSA) is 95.9 Å². The van der Waals surface area contributed by atoms with Crippen LogP contribution in [0.25, 0.3) is 0 Å². The Morgan fingerprint density at radius 2 is 0.667 bits per heavy atom. The maximum absolute atomic E-state index is 12.5. The number of hydrogen-bond donors (Lipinski definition) is 3. The van der Waals surface area contributed by atoms with Crippen LogP contribution in [0.4, 0.5) is 0 Å². The molecule has 0 spiro atoms. The van der Waals surface area contributed by atoms with Crippen LogP contribution in [0.1, 0.15) is 380 Å². The fourth-order valence-electron chi connectivity index (χ4n) is 10.8. The van der Waals surface area contributed by atoms with Crippen molar-refractivity contribution in [1.29, 1.82) is 0 Å². The van der Waals surface area contributed by atoms with E-state index in [9.17, 15) is 19.8 Å². The summed E-state index contributed by atoms with van der Waals surface area (Å²) in [5, 5.41) is 23.4. The quantitative estimate of drug-likeness (QED) is 0.0320. The zero-order valence-corrected chi connectivity index (χ0v) is 50.8. The van der Waals surface area contributed by atoms with Gasteiger partial charge in [0, 0.05) is 12.8 Å². The highest BCUT2D eigenvalue weighted by molar-refractivity contribution is 5.76. The van der Waals surface area contributed by atoms with Crippen LogP contribution in [0.5, 0.6) is 0 Å². The Balaban J connectivity index is 3.40. The predicted molar refractivity (Wildman–Crippen MR) is 329 cm³/mol. The van der Waals surface area contributed by atoms with E-state index in [0.29, 0.717) is 25.9 Å². The van der Waals surface area contributed by atoms with E-state index in [4.69, 9.17) is 4.74 Å². The summed E-state index contributed by atoms with van der Waals surface area (Å²) in [6.45, 7) is 4.95. The standard InChI is InChI=1S/C69H133NO5/c1-3-5-7-9-11-13-15-17-19-21-22-23-24-25-26-30-33-37-41-45-49-53-57-61-67(72)66(65-71)70-68(73)62-58-54-50-46-42-38-34-31-27-28-32-36-40-44-48-52-56-60-64-75-69(74)63-59-55-51-47-43-39-35-29-20-18-16-14-12-10-8-6-4-2/h12,14,18,20,66-67,71-72H,3-11,13,15-17,19,21-65H2,1-2H3,(H,70,73)/b14-12-,20-18-. The SMILES string of the molecule is CCCCC/C=C\C/C=C\CCCCCCCCCC(=O)OCCCCCCCCCCCCCCCCCCCCC(=O)NC(CO)C(O)CCCCCCCCCCCCCCCCCCCCCCCCC. The fraction of sp³-hybridized carbons (Fsp3) is 0.913. The molecular formula is C69H133NO5.